The van der Waals surface area contributed by atoms with E-state index in [4.69, 9.17) is 12.8 Å². The Morgan fingerprint density at radius 2 is 2.11 bits per heavy atom. The first kappa shape index (κ1) is 11.0. The summed E-state index contributed by atoms with van der Waals surface area (Å²) < 4.78 is 15.5. The number of benzene rings is 1. The minimum absolute atomic E-state index is 0.0702. The summed E-state index contributed by atoms with van der Waals surface area (Å²) in [6, 6.07) is 8.32. The molecular formula is C15H18N2O2. The third-order valence-electron chi connectivity index (χ3n) is 2.99. The molecule has 2 rings (SSSR count). The Morgan fingerprint density at radius 3 is 2.63 bits per heavy atom. The molecule has 0 aromatic heterocycles. The Bertz CT molecular complexity index is 585. The lowest BCUT2D eigenvalue weighted by atomic mass is 9.94. The van der Waals surface area contributed by atoms with Crippen LogP contribution in [0.15, 0.2) is 24.3 Å². The van der Waals surface area contributed by atoms with Crippen LogP contribution < -0.4 is 0 Å². The van der Waals surface area contributed by atoms with E-state index < -0.39 is 18.0 Å². The van der Waals surface area contributed by atoms with Crippen LogP contribution in [0.4, 0.5) is 0 Å². The van der Waals surface area contributed by atoms with Crippen LogP contribution in [-0.2, 0) is 9.63 Å². The zero-order chi connectivity index (χ0) is 15.8. The van der Waals surface area contributed by atoms with Crippen molar-refractivity contribution in [2.24, 2.45) is 5.41 Å². The molecular weight excluding hydrogens is 240 g/mol. The monoisotopic (exact) mass is 260 g/mol. The van der Waals surface area contributed by atoms with Gasteiger partial charge < -0.3 is 0 Å². The molecule has 1 amide bonds. The van der Waals surface area contributed by atoms with Gasteiger partial charge in [0.25, 0.3) is 5.91 Å². The molecule has 1 aliphatic heterocycles. The molecule has 1 aromatic rings. The van der Waals surface area contributed by atoms with Crippen molar-refractivity contribution in [2.45, 2.75) is 33.2 Å². The number of hydrogen-bond donors (Lipinski definition) is 0. The summed E-state index contributed by atoms with van der Waals surface area (Å²) in [6.07, 6.45) is 0.0702. The zero-order valence-corrected chi connectivity index (χ0v) is 11.3. The van der Waals surface area contributed by atoms with Gasteiger partial charge in [-0.05, 0) is 17.7 Å². The first-order valence-electron chi connectivity index (χ1n) is 7.17. The molecule has 4 nitrogen and oxygen atoms in total. The fraction of sp³-hybridized carbons (Fsp3) is 0.467. The van der Waals surface area contributed by atoms with Crippen LogP contribution in [0, 0.1) is 16.7 Å². The number of hydroxylamine groups is 2. The van der Waals surface area contributed by atoms with Gasteiger partial charge in [-0.25, -0.2) is 5.06 Å². The van der Waals surface area contributed by atoms with Gasteiger partial charge in [0.1, 0.15) is 0 Å². The van der Waals surface area contributed by atoms with E-state index in [1.165, 1.54) is 0 Å². The fourth-order valence-electron chi connectivity index (χ4n) is 1.88. The average Bonchev–Trinajstić information content (AvgIpc) is 2.73. The molecule has 0 spiro atoms. The van der Waals surface area contributed by atoms with E-state index in [2.05, 4.69) is 0 Å². The van der Waals surface area contributed by atoms with E-state index in [0.29, 0.717) is 5.56 Å². The Morgan fingerprint density at radius 1 is 1.47 bits per heavy atom. The van der Waals surface area contributed by atoms with Gasteiger partial charge in [0.2, 0.25) is 0 Å². The number of carbonyl (C=O) groups excluding carboxylic acids is 1. The quantitative estimate of drug-likeness (QED) is 0.780. The van der Waals surface area contributed by atoms with Crippen LogP contribution in [0.2, 0.25) is 0 Å². The van der Waals surface area contributed by atoms with Gasteiger partial charge >= 0.3 is 0 Å². The summed E-state index contributed by atoms with van der Waals surface area (Å²) in [5.41, 5.74) is 0.619. The predicted octanol–water partition coefficient (Wildman–Crippen LogP) is 2.81. The van der Waals surface area contributed by atoms with Gasteiger partial charge in [-0.1, -0.05) is 32.9 Å². The fourth-order valence-corrected chi connectivity index (χ4v) is 1.88. The Balaban J connectivity index is 2.34. The number of nitrogens with zero attached hydrogens (tertiary/aromatic N) is 2. The van der Waals surface area contributed by atoms with Crippen molar-refractivity contribution in [3.8, 4) is 6.07 Å². The van der Waals surface area contributed by atoms with Crippen molar-refractivity contribution < 1.29 is 12.4 Å². The zero-order valence-electron chi connectivity index (χ0n) is 13.3. The van der Waals surface area contributed by atoms with Crippen molar-refractivity contribution in [2.75, 3.05) is 6.56 Å². The largest absolute Gasteiger partial charge is 0.272 e. The summed E-state index contributed by atoms with van der Waals surface area (Å²) in [4.78, 5) is 17.7. The lowest BCUT2D eigenvalue weighted by Gasteiger charge is -2.29. The number of amides is 1. The van der Waals surface area contributed by atoms with Gasteiger partial charge in [0.15, 0.2) is 0 Å². The summed E-state index contributed by atoms with van der Waals surface area (Å²) in [7, 11) is 0. The van der Waals surface area contributed by atoms with Crippen molar-refractivity contribution in [1.29, 1.82) is 5.26 Å². The third kappa shape index (κ3) is 2.77. The minimum Gasteiger partial charge on any atom is -0.272 e. The summed E-state index contributed by atoms with van der Waals surface area (Å²) in [5, 5.41) is 9.96. The SMILES string of the molecule is [2H]C1([2H])C[C@@H](c2ccc(C#N)cc2)N(C(=O)C(C)(C)C)O1. The van der Waals surface area contributed by atoms with Crippen molar-refractivity contribution >= 4 is 5.91 Å². The molecule has 1 saturated heterocycles. The smallest absolute Gasteiger partial charge is 0.252 e. The number of carbonyl (C=O) groups is 1. The molecule has 1 heterocycles. The van der Waals surface area contributed by atoms with Crippen LogP contribution in [0.3, 0.4) is 0 Å². The predicted molar refractivity (Wildman–Crippen MR) is 70.8 cm³/mol. The van der Waals surface area contributed by atoms with E-state index in [1.807, 2.05) is 6.07 Å². The van der Waals surface area contributed by atoms with Crippen molar-refractivity contribution in [3.05, 3.63) is 35.4 Å². The van der Waals surface area contributed by atoms with E-state index in [9.17, 15) is 4.79 Å². The van der Waals surface area contributed by atoms with E-state index >= 15 is 0 Å². The minimum atomic E-state index is -1.88. The highest BCUT2D eigenvalue weighted by atomic mass is 16.7. The van der Waals surface area contributed by atoms with Crippen LogP contribution in [0.1, 0.15) is 47.1 Å². The highest BCUT2D eigenvalue weighted by Gasteiger charge is 2.37. The first-order chi connectivity index (χ1) is 9.64. The molecule has 0 radical (unpaired) electrons. The molecule has 0 N–H and O–H groups in total. The lowest BCUT2D eigenvalue weighted by molar-refractivity contribution is -0.186. The standard InChI is InChI=1S/C15H18N2O2/c1-15(2,3)14(18)17-13(8-9-19-17)12-6-4-11(10-16)5-7-12/h4-7,13H,8-9H2,1-3H3/t13-/m0/s1/i9D2. The molecule has 1 atom stereocenters. The molecule has 1 aromatic carbocycles. The van der Waals surface area contributed by atoms with Crippen LogP contribution in [0.25, 0.3) is 0 Å². The highest BCUT2D eigenvalue weighted by Crippen LogP contribution is 2.33. The Hall–Kier alpha value is -1.86. The number of hydrogen-bond acceptors (Lipinski definition) is 3. The van der Waals surface area contributed by atoms with Gasteiger partial charge in [-0.15, -0.1) is 0 Å². The molecule has 1 aliphatic rings. The second kappa shape index (κ2) is 5.02. The molecule has 0 bridgehead atoms. The van der Waals surface area contributed by atoms with E-state index in [1.54, 1.807) is 45.0 Å². The van der Waals surface area contributed by atoms with Crippen LogP contribution in [-0.4, -0.2) is 17.5 Å². The molecule has 1 fully saturated rings. The summed E-state index contributed by atoms with van der Waals surface area (Å²) in [5.74, 6) is -0.266. The van der Waals surface area contributed by atoms with Gasteiger partial charge in [-0.3, -0.25) is 9.63 Å². The molecule has 19 heavy (non-hydrogen) atoms. The summed E-state index contributed by atoms with van der Waals surface area (Å²) in [6.45, 7) is 3.42. The van der Waals surface area contributed by atoms with Crippen molar-refractivity contribution in [1.82, 2.24) is 5.06 Å². The van der Waals surface area contributed by atoms with Gasteiger partial charge in [0, 0.05) is 11.8 Å². The van der Waals surface area contributed by atoms with E-state index in [-0.39, 0.29) is 12.3 Å². The topological polar surface area (TPSA) is 53.3 Å². The molecule has 100 valence electrons. The molecule has 0 unspecified atom stereocenters. The number of nitriles is 1. The first-order valence-corrected chi connectivity index (χ1v) is 6.17. The average molecular weight is 260 g/mol. The summed E-state index contributed by atoms with van der Waals surface area (Å²) >= 11 is 0. The van der Waals surface area contributed by atoms with E-state index in [0.717, 1.165) is 10.6 Å². The lowest BCUT2D eigenvalue weighted by Crippen LogP contribution is -2.38. The van der Waals surface area contributed by atoms with Crippen LogP contribution in [0.5, 0.6) is 0 Å². The molecule has 0 saturated carbocycles. The molecule has 0 aliphatic carbocycles. The van der Waals surface area contributed by atoms with Crippen LogP contribution >= 0.6 is 0 Å². The van der Waals surface area contributed by atoms with Gasteiger partial charge in [-0.2, -0.15) is 5.26 Å². The number of rotatable bonds is 1. The van der Waals surface area contributed by atoms with Crippen molar-refractivity contribution in [3.63, 3.8) is 0 Å². The third-order valence-corrected chi connectivity index (χ3v) is 2.99. The normalized spacial score (nSPS) is 23.5. The maximum atomic E-state index is 12.4. The van der Waals surface area contributed by atoms with Gasteiger partial charge in [0.05, 0.1) is 27.0 Å². The molecule has 4 heteroatoms. The maximum Gasteiger partial charge on any atom is 0.252 e. The second-order valence-corrected chi connectivity index (χ2v) is 5.57. The highest BCUT2D eigenvalue weighted by molar-refractivity contribution is 5.81. The second-order valence-electron chi connectivity index (χ2n) is 5.57. The maximum absolute atomic E-state index is 12.4. The Labute approximate surface area is 116 Å². The Kier molecular flexibility index (Phi) is 2.91.